The van der Waals surface area contributed by atoms with Gasteiger partial charge >= 0.3 is 0 Å². The van der Waals surface area contributed by atoms with Crippen molar-refractivity contribution in [3.8, 4) is 0 Å². The molecule has 1 fully saturated rings. The Hall–Kier alpha value is -0.530. The van der Waals surface area contributed by atoms with Crippen LogP contribution in [-0.2, 0) is 0 Å². The van der Waals surface area contributed by atoms with Gasteiger partial charge in [-0.3, -0.25) is 0 Å². The maximum Gasteiger partial charge on any atom is 0.0406 e. The van der Waals surface area contributed by atoms with Gasteiger partial charge in [0.05, 0.1) is 0 Å². The predicted molar refractivity (Wildman–Crippen MR) is 74.7 cm³/mol. The van der Waals surface area contributed by atoms with Crippen LogP contribution in [0.2, 0.25) is 5.02 Å². The normalized spacial score (nSPS) is 26.6. The number of rotatable bonds is 4. The molecule has 1 saturated carbocycles. The van der Waals surface area contributed by atoms with E-state index >= 15 is 0 Å². The van der Waals surface area contributed by atoms with E-state index in [0.717, 1.165) is 11.6 Å². The molecule has 0 aromatic heterocycles. The lowest BCUT2D eigenvalue weighted by molar-refractivity contribution is 0.0695. The van der Waals surface area contributed by atoms with Crippen molar-refractivity contribution < 1.29 is 0 Å². The van der Waals surface area contributed by atoms with Crippen molar-refractivity contribution in [3.05, 3.63) is 34.9 Å². The van der Waals surface area contributed by atoms with Crippen LogP contribution in [-0.4, -0.2) is 12.6 Å². The SMILES string of the molecule is CCCNC1CC(c2ccc(Cl)cc2)C1(C)C. The molecule has 2 heteroatoms. The molecule has 0 spiro atoms. The second-order valence-corrected chi connectivity index (χ2v) is 6.10. The summed E-state index contributed by atoms with van der Waals surface area (Å²) in [6.07, 6.45) is 2.45. The Morgan fingerprint density at radius 2 is 1.94 bits per heavy atom. The maximum atomic E-state index is 5.93. The molecule has 2 atom stereocenters. The summed E-state index contributed by atoms with van der Waals surface area (Å²) >= 11 is 5.93. The van der Waals surface area contributed by atoms with Crippen molar-refractivity contribution in [2.24, 2.45) is 5.41 Å². The number of halogens is 1. The van der Waals surface area contributed by atoms with Crippen LogP contribution >= 0.6 is 11.6 Å². The van der Waals surface area contributed by atoms with Gasteiger partial charge in [0.1, 0.15) is 0 Å². The minimum absolute atomic E-state index is 0.350. The quantitative estimate of drug-likeness (QED) is 0.845. The maximum absolute atomic E-state index is 5.93. The van der Waals surface area contributed by atoms with Gasteiger partial charge in [-0.25, -0.2) is 0 Å². The fourth-order valence-electron chi connectivity index (χ4n) is 2.85. The number of hydrogen-bond donors (Lipinski definition) is 1. The van der Waals surface area contributed by atoms with Crippen LogP contribution in [0.3, 0.4) is 0 Å². The smallest absolute Gasteiger partial charge is 0.0406 e. The summed E-state index contributed by atoms with van der Waals surface area (Å²) in [6, 6.07) is 9.00. The van der Waals surface area contributed by atoms with Gasteiger partial charge in [-0.1, -0.05) is 44.5 Å². The van der Waals surface area contributed by atoms with Crippen LogP contribution in [0.1, 0.15) is 45.1 Å². The van der Waals surface area contributed by atoms with E-state index in [-0.39, 0.29) is 0 Å². The molecule has 17 heavy (non-hydrogen) atoms. The standard InChI is InChI=1S/C15H22ClN/c1-4-9-17-14-10-13(15(14,2)3)11-5-7-12(16)8-6-11/h5-8,13-14,17H,4,9-10H2,1-3H3. The Balaban J connectivity index is 2.03. The van der Waals surface area contributed by atoms with E-state index in [2.05, 4.69) is 38.2 Å². The van der Waals surface area contributed by atoms with Crippen LogP contribution in [0.25, 0.3) is 0 Å². The van der Waals surface area contributed by atoms with Gasteiger partial charge < -0.3 is 5.32 Å². The molecule has 0 heterocycles. The van der Waals surface area contributed by atoms with Crippen LogP contribution < -0.4 is 5.32 Å². The van der Waals surface area contributed by atoms with Crippen LogP contribution in [0.4, 0.5) is 0 Å². The molecule has 1 aromatic rings. The van der Waals surface area contributed by atoms with Gasteiger partial charge in [0, 0.05) is 11.1 Å². The van der Waals surface area contributed by atoms with E-state index in [9.17, 15) is 0 Å². The largest absolute Gasteiger partial charge is 0.313 e. The number of hydrogen-bond acceptors (Lipinski definition) is 1. The fourth-order valence-corrected chi connectivity index (χ4v) is 2.98. The van der Waals surface area contributed by atoms with Crippen molar-refractivity contribution >= 4 is 11.6 Å². The van der Waals surface area contributed by atoms with Crippen molar-refractivity contribution in [2.75, 3.05) is 6.54 Å². The molecule has 1 aliphatic rings. The van der Waals surface area contributed by atoms with E-state index < -0.39 is 0 Å². The van der Waals surface area contributed by atoms with Crippen molar-refractivity contribution in [1.29, 1.82) is 0 Å². The monoisotopic (exact) mass is 251 g/mol. The third-order valence-corrected chi connectivity index (χ3v) is 4.43. The van der Waals surface area contributed by atoms with Gasteiger partial charge in [-0.15, -0.1) is 0 Å². The number of nitrogens with one attached hydrogen (secondary N) is 1. The highest BCUT2D eigenvalue weighted by molar-refractivity contribution is 6.30. The van der Waals surface area contributed by atoms with Crippen molar-refractivity contribution in [3.63, 3.8) is 0 Å². The molecule has 1 aromatic carbocycles. The van der Waals surface area contributed by atoms with E-state index in [4.69, 9.17) is 11.6 Å². The molecular formula is C15H22ClN. The zero-order valence-electron chi connectivity index (χ0n) is 11.0. The van der Waals surface area contributed by atoms with Gasteiger partial charge in [-0.2, -0.15) is 0 Å². The molecule has 1 aliphatic carbocycles. The molecule has 1 N–H and O–H groups in total. The summed E-state index contributed by atoms with van der Waals surface area (Å²) in [6.45, 7) is 8.07. The summed E-state index contributed by atoms with van der Waals surface area (Å²) in [5.41, 5.74) is 1.78. The lowest BCUT2D eigenvalue weighted by atomic mass is 9.56. The molecular weight excluding hydrogens is 230 g/mol. The summed E-state index contributed by atoms with van der Waals surface area (Å²) in [5.74, 6) is 0.661. The predicted octanol–water partition coefficient (Wildman–Crippen LogP) is 4.22. The molecule has 0 bridgehead atoms. The van der Waals surface area contributed by atoms with Gasteiger partial charge in [0.2, 0.25) is 0 Å². The zero-order chi connectivity index (χ0) is 12.5. The van der Waals surface area contributed by atoms with Crippen molar-refractivity contribution in [2.45, 2.75) is 45.6 Å². The minimum atomic E-state index is 0.350. The average Bonchev–Trinajstić information content (AvgIpc) is 2.30. The summed E-state index contributed by atoms with van der Waals surface area (Å²) in [7, 11) is 0. The number of benzene rings is 1. The lowest BCUT2D eigenvalue weighted by Gasteiger charge is -2.53. The van der Waals surface area contributed by atoms with Crippen LogP contribution in [0.15, 0.2) is 24.3 Å². The van der Waals surface area contributed by atoms with E-state index in [1.54, 1.807) is 0 Å². The van der Waals surface area contributed by atoms with E-state index in [1.165, 1.54) is 18.4 Å². The summed E-state index contributed by atoms with van der Waals surface area (Å²) < 4.78 is 0. The Morgan fingerprint density at radius 3 is 2.47 bits per heavy atom. The molecule has 2 unspecified atom stereocenters. The van der Waals surface area contributed by atoms with E-state index in [0.29, 0.717) is 17.4 Å². The Labute approximate surface area is 110 Å². The molecule has 2 rings (SSSR count). The highest BCUT2D eigenvalue weighted by Gasteiger charge is 2.47. The minimum Gasteiger partial charge on any atom is -0.313 e. The van der Waals surface area contributed by atoms with Gasteiger partial charge in [-0.05, 0) is 48.4 Å². The third-order valence-electron chi connectivity index (χ3n) is 4.18. The molecule has 1 nitrogen and oxygen atoms in total. The van der Waals surface area contributed by atoms with Crippen molar-refractivity contribution in [1.82, 2.24) is 5.32 Å². The van der Waals surface area contributed by atoms with Gasteiger partial charge in [0.25, 0.3) is 0 Å². The first-order chi connectivity index (χ1) is 8.05. The molecule has 0 amide bonds. The first-order valence-corrected chi connectivity index (χ1v) is 6.92. The van der Waals surface area contributed by atoms with Crippen LogP contribution in [0, 0.1) is 5.41 Å². The zero-order valence-corrected chi connectivity index (χ0v) is 11.7. The highest BCUT2D eigenvalue weighted by Crippen LogP contribution is 2.52. The van der Waals surface area contributed by atoms with Gasteiger partial charge in [0.15, 0.2) is 0 Å². The Morgan fingerprint density at radius 1 is 1.29 bits per heavy atom. The first kappa shape index (κ1) is 12.9. The third kappa shape index (κ3) is 2.51. The Bertz CT molecular complexity index is 369. The molecule has 0 radical (unpaired) electrons. The average molecular weight is 252 g/mol. The first-order valence-electron chi connectivity index (χ1n) is 6.54. The summed E-state index contributed by atoms with van der Waals surface area (Å²) in [5, 5.41) is 4.47. The molecule has 94 valence electrons. The lowest BCUT2D eigenvalue weighted by Crippen LogP contribution is -2.55. The molecule has 0 aliphatic heterocycles. The Kier molecular flexibility index (Phi) is 3.79. The van der Waals surface area contributed by atoms with E-state index in [1.807, 2.05) is 12.1 Å². The van der Waals surface area contributed by atoms with Crippen LogP contribution in [0.5, 0.6) is 0 Å². The second-order valence-electron chi connectivity index (χ2n) is 5.67. The fraction of sp³-hybridized carbons (Fsp3) is 0.600. The second kappa shape index (κ2) is 4.99. The highest BCUT2D eigenvalue weighted by atomic mass is 35.5. The molecule has 0 saturated heterocycles. The summed E-state index contributed by atoms with van der Waals surface area (Å²) in [4.78, 5) is 0. The topological polar surface area (TPSA) is 12.0 Å².